The summed E-state index contributed by atoms with van der Waals surface area (Å²) in [5.41, 5.74) is 4.25. The van der Waals surface area contributed by atoms with Crippen LogP contribution < -0.4 is 14.4 Å². The number of anilines is 1. The van der Waals surface area contributed by atoms with Crippen LogP contribution in [0.2, 0.25) is 0 Å². The van der Waals surface area contributed by atoms with Crippen molar-refractivity contribution in [3.63, 3.8) is 0 Å². The van der Waals surface area contributed by atoms with Crippen molar-refractivity contribution < 1.29 is 9.47 Å². The molecule has 0 atom stereocenters. The summed E-state index contributed by atoms with van der Waals surface area (Å²) in [6.45, 7) is 2.30. The normalized spacial score (nSPS) is 14.5. The molecule has 0 saturated carbocycles. The van der Waals surface area contributed by atoms with Crippen LogP contribution in [0.25, 0.3) is 22.0 Å². The van der Waals surface area contributed by atoms with Crippen LogP contribution >= 0.6 is 0 Å². The predicted octanol–water partition coefficient (Wildman–Crippen LogP) is 4.30. The van der Waals surface area contributed by atoms with E-state index in [4.69, 9.17) is 9.47 Å². The zero-order valence-corrected chi connectivity index (χ0v) is 15.2. The van der Waals surface area contributed by atoms with Gasteiger partial charge in [0.15, 0.2) is 11.5 Å². The topological polar surface area (TPSA) is 47.5 Å². The minimum absolute atomic E-state index is 0.659. The number of methoxy groups -OCH3 is 2. The lowest BCUT2D eigenvalue weighted by molar-refractivity contribution is 0.356. The van der Waals surface area contributed by atoms with E-state index in [9.17, 15) is 0 Å². The van der Waals surface area contributed by atoms with Crippen molar-refractivity contribution in [2.24, 2.45) is 0 Å². The summed E-state index contributed by atoms with van der Waals surface area (Å²) in [5, 5.41) is 9.43. The van der Waals surface area contributed by atoms with E-state index in [0.29, 0.717) is 11.5 Å². The minimum Gasteiger partial charge on any atom is -0.493 e. The van der Waals surface area contributed by atoms with Crippen molar-refractivity contribution in [3.05, 3.63) is 42.6 Å². The summed E-state index contributed by atoms with van der Waals surface area (Å²) < 4.78 is 10.8. The fraction of sp³-hybridized carbons (Fsp3) is 0.333. The molecular weight excluding hydrogens is 326 g/mol. The molecule has 0 spiro atoms. The highest BCUT2D eigenvalue weighted by molar-refractivity contribution is 5.95. The van der Waals surface area contributed by atoms with Gasteiger partial charge in [-0.1, -0.05) is 12.1 Å². The quantitative estimate of drug-likeness (QED) is 0.703. The molecule has 1 saturated heterocycles. The molecule has 5 heteroatoms. The zero-order valence-electron chi connectivity index (χ0n) is 15.2. The van der Waals surface area contributed by atoms with Crippen LogP contribution in [0.3, 0.4) is 0 Å². The van der Waals surface area contributed by atoms with Crippen LogP contribution in [0, 0.1) is 0 Å². The number of piperidine rings is 1. The summed E-state index contributed by atoms with van der Waals surface area (Å²) in [4.78, 5) is 2.46. The summed E-state index contributed by atoms with van der Waals surface area (Å²) in [5.74, 6) is 1.35. The second-order valence-electron chi connectivity index (χ2n) is 6.58. The van der Waals surface area contributed by atoms with Gasteiger partial charge in [0, 0.05) is 35.8 Å². The Labute approximate surface area is 153 Å². The van der Waals surface area contributed by atoms with Crippen molar-refractivity contribution in [1.29, 1.82) is 0 Å². The van der Waals surface area contributed by atoms with Gasteiger partial charge < -0.3 is 14.4 Å². The molecule has 2 heterocycles. The number of fused-ring (bicyclic) bond motifs is 1. The Hall–Kier alpha value is -2.82. The van der Waals surface area contributed by atoms with Gasteiger partial charge in [-0.05, 0) is 43.0 Å². The molecular formula is C21H23N3O2. The number of benzene rings is 2. The number of nitrogens with zero attached hydrogens (tertiary/aromatic N) is 3. The molecule has 1 aliphatic rings. The second kappa shape index (κ2) is 7.20. The van der Waals surface area contributed by atoms with Gasteiger partial charge in [-0.3, -0.25) is 0 Å². The van der Waals surface area contributed by atoms with Crippen LogP contribution in [0.5, 0.6) is 11.5 Å². The van der Waals surface area contributed by atoms with E-state index in [-0.39, 0.29) is 0 Å². The van der Waals surface area contributed by atoms with Gasteiger partial charge in [0.2, 0.25) is 0 Å². The average molecular weight is 349 g/mol. The zero-order chi connectivity index (χ0) is 17.9. The summed E-state index contributed by atoms with van der Waals surface area (Å²) >= 11 is 0. The second-order valence-corrected chi connectivity index (χ2v) is 6.58. The number of hydrogen-bond acceptors (Lipinski definition) is 5. The van der Waals surface area contributed by atoms with E-state index < -0.39 is 0 Å². The Balaban J connectivity index is 1.74. The number of ether oxygens (including phenoxy) is 2. The number of rotatable bonds is 4. The first kappa shape index (κ1) is 16.6. The Morgan fingerprint density at radius 1 is 0.885 bits per heavy atom. The van der Waals surface area contributed by atoms with Crippen LogP contribution in [-0.4, -0.2) is 37.5 Å². The summed E-state index contributed by atoms with van der Waals surface area (Å²) in [6.07, 6.45) is 5.71. The van der Waals surface area contributed by atoms with E-state index in [1.807, 2.05) is 18.3 Å². The van der Waals surface area contributed by atoms with Crippen LogP contribution in [0.15, 0.2) is 42.6 Å². The fourth-order valence-electron chi connectivity index (χ4n) is 3.62. The minimum atomic E-state index is 0.659. The molecule has 0 bridgehead atoms. The van der Waals surface area contributed by atoms with Crippen molar-refractivity contribution in [3.8, 4) is 22.6 Å². The Kier molecular flexibility index (Phi) is 4.61. The lowest BCUT2D eigenvalue weighted by atomic mass is 10.0. The first-order valence-electron chi connectivity index (χ1n) is 9.03. The highest BCUT2D eigenvalue weighted by Crippen LogP contribution is 2.36. The molecule has 26 heavy (non-hydrogen) atoms. The average Bonchev–Trinajstić information content (AvgIpc) is 2.73. The molecule has 2 aromatic carbocycles. The fourth-order valence-corrected chi connectivity index (χ4v) is 3.62. The smallest absolute Gasteiger partial charge is 0.162 e. The lowest BCUT2D eigenvalue weighted by Crippen LogP contribution is -2.29. The van der Waals surface area contributed by atoms with Crippen LogP contribution in [0.1, 0.15) is 19.3 Å². The van der Waals surface area contributed by atoms with Gasteiger partial charge in [0.1, 0.15) is 0 Å². The molecule has 1 fully saturated rings. The monoisotopic (exact) mass is 349 g/mol. The third-order valence-corrected chi connectivity index (χ3v) is 5.04. The summed E-state index contributed by atoms with van der Waals surface area (Å²) in [6, 6.07) is 12.6. The van der Waals surface area contributed by atoms with Crippen molar-refractivity contribution >= 4 is 16.6 Å². The summed E-state index contributed by atoms with van der Waals surface area (Å²) in [7, 11) is 3.27. The molecule has 4 rings (SSSR count). The molecule has 1 aliphatic heterocycles. The van der Waals surface area contributed by atoms with Gasteiger partial charge in [0.05, 0.1) is 25.9 Å². The van der Waals surface area contributed by atoms with E-state index in [2.05, 4.69) is 39.4 Å². The largest absolute Gasteiger partial charge is 0.493 e. The van der Waals surface area contributed by atoms with Gasteiger partial charge in [0.25, 0.3) is 0 Å². The molecule has 1 aromatic heterocycles. The standard InChI is InChI=1S/C21H23N3O2/c1-25-20-12-17-18(14-22-23-19(17)13-21(20)26-2)15-6-8-16(9-7-15)24-10-4-3-5-11-24/h6-9,12-14H,3-5,10-11H2,1-2H3. The molecule has 3 aromatic rings. The first-order chi connectivity index (χ1) is 12.8. The van der Waals surface area contributed by atoms with Crippen molar-refractivity contribution in [2.75, 3.05) is 32.2 Å². The predicted molar refractivity (Wildman–Crippen MR) is 104 cm³/mol. The van der Waals surface area contributed by atoms with Crippen LogP contribution in [0.4, 0.5) is 5.69 Å². The third kappa shape index (κ3) is 3.05. The number of hydrogen-bond donors (Lipinski definition) is 0. The molecule has 0 aliphatic carbocycles. The Morgan fingerprint density at radius 3 is 2.27 bits per heavy atom. The molecule has 0 unspecified atom stereocenters. The Bertz CT molecular complexity index is 903. The maximum absolute atomic E-state index is 5.45. The van der Waals surface area contributed by atoms with E-state index in [1.54, 1.807) is 14.2 Å². The van der Waals surface area contributed by atoms with Crippen LogP contribution in [-0.2, 0) is 0 Å². The Morgan fingerprint density at radius 2 is 1.58 bits per heavy atom. The molecule has 0 radical (unpaired) electrons. The molecule has 5 nitrogen and oxygen atoms in total. The molecule has 0 amide bonds. The van der Waals surface area contributed by atoms with Gasteiger partial charge in [-0.15, -0.1) is 0 Å². The maximum atomic E-state index is 5.45. The highest BCUT2D eigenvalue weighted by Gasteiger charge is 2.13. The van der Waals surface area contributed by atoms with Crippen molar-refractivity contribution in [1.82, 2.24) is 10.2 Å². The third-order valence-electron chi connectivity index (χ3n) is 5.04. The molecule has 0 N–H and O–H groups in total. The lowest BCUT2D eigenvalue weighted by Gasteiger charge is -2.28. The van der Waals surface area contributed by atoms with E-state index in [0.717, 1.165) is 35.1 Å². The van der Waals surface area contributed by atoms with E-state index >= 15 is 0 Å². The number of aromatic nitrogens is 2. The van der Waals surface area contributed by atoms with E-state index in [1.165, 1.54) is 24.9 Å². The highest BCUT2D eigenvalue weighted by atomic mass is 16.5. The SMILES string of the molecule is COc1cc2nncc(-c3ccc(N4CCCCC4)cc3)c2cc1OC. The van der Waals surface area contributed by atoms with Crippen molar-refractivity contribution in [2.45, 2.75) is 19.3 Å². The van der Waals surface area contributed by atoms with Gasteiger partial charge >= 0.3 is 0 Å². The maximum Gasteiger partial charge on any atom is 0.162 e. The van der Waals surface area contributed by atoms with Gasteiger partial charge in [-0.2, -0.15) is 10.2 Å². The van der Waals surface area contributed by atoms with Gasteiger partial charge in [-0.25, -0.2) is 0 Å². The first-order valence-corrected chi connectivity index (χ1v) is 9.03. The molecule has 134 valence electrons.